The Hall–Kier alpha value is -0.860. The summed E-state index contributed by atoms with van der Waals surface area (Å²) in [4.78, 5) is 2.59. The Kier molecular flexibility index (Phi) is 4.79. The van der Waals surface area contributed by atoms with Gasteiger partial charge in [0.2, 0.25) is 0 Å². The molecule has 0 bridgehead atoms. The highest BCUT2D eigenvalue weighted by Crippen LogP contribution is 2.25. The predicted molar refractivity (Wildman–Crippen MR) is 77.4 cm³/mol. The van der Waals surface area contributed by atoms with Gasteiger partial charge in [-0.15, -0.1) is 0 Å². The average molecular weight is 246 g/mol. The van der Waals surface area contributed by atoms with Gasteiger partial charge in [0.25, 0.3) is 0 Å². The normalized spacial score (nSPS) is 21.7. The molecular formula is C16H26N2. The van der Waals surface area contributed by atoms with E-state index in [0.29, 0.717) is 6.04 Å². The van der Waals surface area contributed by atoms with Crippen molar-refractivity contribution < 1.29 is 0 Å². The van der Waals surface area contributed by atoms with E-state index in [2.05, 4.69) is 49.1 Å². The van der Waals surface area contributed by atoms with Crippen LogP contribution in [0.15, 0.2) is 30.3 Å². The Morgan fingerprint density at radius 2 is 1.83 bits per heavy atom. The lowest BCUT2D eigenvalue weighted by molar-refractivity contribution is 0.117. The molecule has 1 aromatic carbocycles. The summed E-state index contributed by atoms with van der Waals surface area (Å²) in [5.41, 5.74) is 7.74. The van der Waals surface area contributed by atoms with E-state index in [1.165, 1.54) is 31.5 Å². The maximum Gasteiger partial charge on any atom is 0.0453 e. The molecule has 2 rings (SSSR count). The summed E-state index contributed by atoms with van der Waals surface area (Å²) in [7, 11) is 0. The maximum absolute atomic E-state index is 6.47. The van der Waals surface area contributed by atoms with E-state index < -0.39 is 0 Å². The minimum absolute atomic E-state index is 0.143. The molecule has 0 radical (unpaired) electrons. The van der Waals surface area contributed by atoms with Gasteiger partial charge in [-0.05, 0) is 43.8 Å². The zero-order chi connectivity index (χ0) is 13.0. The molecule has 1 aromatic rings. The molecule has 2 heteroatoms. The van der Waals surface area contributed by atoms with Gasteiger partial charge in [-0.3, -0.25) is 4.90 Å². The van der Waals surface area contributed by atoms with Gasteiger partial charge in [-0.2, -0.15) is 0 Å². The fourth-order valence-electron chi connectivity index (χ4n) is 3.00. The number of hydrogen-bond acceptors (Lipinski definition) is 2. The van der Waals surface area contributed by atoms with Crippen molar-refractivity contribution in [3.8, 4) is 0 Å². The third-order valence-corrected chi connectivity index (χ3v) is 4.30. The van der Waals surface area contributed by atoms with Gasteiger partial charge < -0.3 is 5.73 Å². The lowest BCUT2D eigenvalue weighted by Crippen LogP contribution is -2.46. The van der Waals surface area contributed by atoms with Crippen molar-refractivity contribution >= 4 is 0 Å². The predicted octanol–water partition coefficient (Wildman–Crippen LogP) is 3.20. The van der Waals surface area contributed by atoms with Crippen LogP contribution in [0.1, 0.15) is 44.7 Å². The summed E-state index contributed by atoms with van der Waals surface area (Å²) >= 11 is 0. The summed E-state index contributed by atoms with van der Waals surface area (Å²) in [5, 5.41) is 0. The van der Waals surface area contributed by atoms with Crippen LogP contribution in [-0.4, -0.2) is 24.0 Å². The Labute approximate surface area is 111 Å². The average Bonchev–Trinajstić information content (AvgIpc) is 2.42. The Morgan fingerprint density at radius 1 is 1.22 bits per heavy atom. The molecule has 2 atom stereocenters. The minimum atomic E-state index is 0.143. The summed E-state index contributed by atoms with van der Waals surface area (Å²) in [5.74, 6) is 0.881. The van der Waals surface area contributed by atoms with Gasteiger partial charge in [0.05, 0.1) is 0 Å². The zero-order valence-corrected chi connectivity index (χ0v) is 11.7. The van der Waals surface area contributed by atoms with Gasteiger partial charge in [-0.25, -0.2) is 0 Å². The molecule has 1 heterocycles. The van der Waals surface area contributed by atoms with Crippen molar-refractivity contribution in [1.29, 1.82) is 0 Å². The second-order valence-electron chi connectivity index (χ2n) is 5.63. The Bertz CT molecular complexity index is 341. The second-order valence-corrected chi connectivity index (χ2v) is 5.63. The van der Waals surface area contributed by atoms with Crippen LogP contribution in [0.5, 0.6) is 0 Å². The van der Waals surface area contributed by atoms with Crippen LogP contribution >= 0.6 is 0 Å². The van der Waals surface area contributed by atoms with E-state index in [1.807, 2.05) is 0 Å². The number of piperidine rings is 1. The summed E-state index contributed by atoms with van der Waals surface area (Å²) in [6.45, 7) is 7.03. The molecule has 2 unspecified atom stereocenters. The SMILES string of the molecule is CCC(C(N)c1ccccc1)N1CCC(C)CC1. The fourth-order valence-corrected chi connectivity index (χ4v) is 3.00. The van der Waals surface area contributed by atoms with Gasteiger partial charge in [0, 0.05) is 12.1 Å². The van der Waals surface area contributed by atoms with E-state index in [4.69, 9.17) is 5.73 Å². The van der Waals surface area contributed by atoms with Gasteiger partial charge >= 0.3 is 0 Å². The molecule has 1 saturated heterocycles. The quantitative estimate of drug-likeness (QED) is 0.884. The molecule has 0 amide bonds. The highest BCUT2D eigenvalue weighted by molar-refractivity contribution is 5.20. The van der Waals surface area contributed by atoms with Crippen LogP contribution in [0.2, 0.25) is 0 Å². The standard InChI is InChI=1S/C16H26N2/c1-3-15(18-11-9-13(2)10-12-18)16(17)14-7-5-4-6-8-14/h4-8,13,15-16H,3,9-12,17H2,1-2H3. The molecule has 0 aromatic heterocycles. The molecular weight excluding hydrogens is 220 g/mol. The van der Waals surface area contributed by atoms with Crippen molar-refractivity contribution in [3.05, 3.63) is 35.9 Å². The number of likely N-dealkylation sites (tertiary alicyclic amines) is 1. The maximum atomic E-state index is 6.47. The molecule has 0 saturated carbocycles. The monoisotopic (exact) mass is 246 g/mol. The third kappa shape index (κ3) is 3.12. The molecule has 0 aliphatic carbocycles. The highest BCUT2D eigenvalue weighted by Gasteiger charge is 2.27. The van der Waals surface area contributed by atoms with Crippen LogP contribution in [0, 0.1) is 5.92 Å². The Morgan fingerprint density at radius 3 is 2.39 bits per heavy atom. The van der Waals surface area contributed by atoms with Crippen molar-refractivity contribution in [2.75, 3.05) is 13.1 Å². The first kappa shape index (κ1) is 13.6. The molecule has 1 fully saturated rings. The molecule has 1 aliphatic heterocycles. The van der Waals surface area contributed by atoms with Crippen molar-refractivity contribution in [3.63, 3.8) is 0 Å². The Balaban J connectivity index is 2.04. The van der Waals surface area contributed by atoms with Gasteiger partial charge in [0.1, 0.15) is 0 Å². The highest BCUT2D eigenvalue weighted by atomic mass is 15.2. The summed E-state index contributed by atoms with van der Waals surface area (Å²) in [6, 6.07) is 11.2. The number of nitrogens with two attached hydrogens (primary N) is 1. The summed E-state index contributed by atoms with van der Waals surface area (Å²) in [6.07, 6.45) is 3.76. The van der Waals surface area contributed by atoms with Gasteiger partial charge in [0.15, 0.2) is 0 Å². The van der Waals surface area contributed by atoms with E-state index in [-0.39, 0.29) is 6.04 Å². The first-order chi connectivity index (χ1) is 8.72. The third-order valence-electron chi connectivity index (χ3n) is 4.30. The van der Waals surface area contributed by atoms with Crippen LogP contribution in [0.4, 0.5) is 0 Å². The van der Waals surface area contributed by atoms with E-state index in [9.17, 15) is 0 Å². The lowest BCUT2D eigenvalue weighted by atomic mass is 9.92. The lowest BCUT2D eigenvalue weighted by Gasteiger charge is -2.39. The van der Waals surface area contributed by atoms with Crippen LogP contribution in [0.3, 0.4) is 0 Å². The van der Waals surface area contributed by atoms with Crippen molar-refractivity contribution in [1.82, 2.24) is 4.90 Å². The largest absolute Gasteiger partial charge is 0.323 e. The van der Waals surface area contributed by atoms with Gasteiger partial charge in [-0.1, -0.05) is 44.2 Å². The van der Waals surface area contributed by atoms with Crippen LogP contribution < -0.4 is 5.73 Å². The van der Waals surface area contributed by atoms with E-state index in [1.54, 1.807) is 0 Å². The second kappa shape index (κ2) is 6.35. The molecule has 100 valence electrons. The summed E-state index contributed by atoms with van der Waals surface area (Å²) < 4.78 is 0. The van der Waals surface area contributed by atoms with Crippen molar-refractivity contribution in [2.45, 2.75) is 45.2 Å². The van der Waals surface area contributed by atoms with Crippen LogP contribution in [0.25, 0.3) is 0 Å². The molecule has 2 nitrogen and oxygen atoms in total. The van der Waals surface area contributed by atoms with E-state index >= 15 is 0 Å². The number of rotatable bonds is 4. The number of hydrogen-bond donors (Lipinski definition) is 1. The molecule has 18 heavy (non-hydrogen) atoms. The van der Waals surface area contributed by atoms with Crippen LogP contribution in [-0.2, 0) is 0 Å². The smallest absolute Gasteiger partial charge is 0.0453 e. The minimum Gasteiger partial charge on any atom is -0.323 e. The fraction of sp³-hybridized carbons (Fsp3) is 0.625. The van der Waals surface area contributed by atoms with Crippen molar-refractivity contribution in [2.24, 2.45) is 11.7 Å². The first-order valence-corrected chi connectivity index (χ1v) is 7.27. The molecule has 0 spiro atoms. The zero-order valence-electron chi connectivity index (χ0n) is 11.7. The number of benzene rings is 1. The topological polar surface area (TPSA) is 29.3 Å². The van der Waals surface area contributed by atoms with E-state index in [0.717, 1.165) is 12.3 Å². The molecule has 2 N–H and O–H groups in total. The molecule has 1 aliphatic rings. The number of nitrogens with zero attached hydrogens (tertiary/aromatic N) is 1. The first-order valence-electron chi connectivity index (χ1n) is 7.27.